The lowest BCUT2D eigenvalue weighted by atomic mass is 9.78. The summed E-state index contributed by atoms with van der Waals surface area (Å²) in [5, 5.41) is 0. The Morgan fingerprint density at radius 1 is 1.12 bits per heavy atom. The lowest BCUT2D eigenvalue weighted by Gasteiger charge is -2.33. The van der Waals surface area contributed by atoms with Crippen molar-refractivity contribution in [3.8, 4) is 0 Å². The number of sulfone groups is 1. The van der Waals surface area contributed by atoms with E-state index in [0.29, 0.717) is 30.5 Å². The molecule has 0 aromatic carbocycles. The third-order valence-corrected chi connectivity index (χ3v) is 6.10. The van der Waals surface area contributed by atoms with Crippen LogP contribution in [-0.2, 0) is 9.84 Å². The maximum Gasteiger partial charge on any atom is 0.150 e. The highest BCUT2D eigenvalue weighted by Gasteiger charge is 2.33. The molecule has 0 unspecified atom stereocenters. The van der Waals surface area contributed by atoms with E-state index in [9.17, 15) is 8.42 Å². The summed E-state index contributed by atoms with van der Waals surface area (Å²) >= 11 is 11.9. The molecule has 98 valence electrons. The molecule has 0 amide bonds. The Balaban J connectivity index is 4.56. The molecule has 5 heteroatoms. The van der Waals surface area contributed by atoms with Crippen molar-refractivity contribution in [1.82, 2.24) is 0 Å². The van der Waals surface area contributed by atoms with Gasteiger partial charge in [0.25, 0.3) is 0 Å². The zero-order valence-electron chi connectivity index (χ0n) is 10.3. The quantitative estimate of drug-likeness (QED) is 0.642. The molecule has 0 N–H and O–H groups in total. The number of halogens is 2. The summed E-state index contributed by atoms with van der Waals surface area (Å²) in [6.45, 7) is 5.95. The molecule has 0 atom stereocenters. The fraction of sp³-hybridized carbons (Fsp3) is 1.00. The van der Waals surface area contributed by atoms with Gasteiger partial charge in [0, 0.05) is 22.9 Å². The van der Waals surface area contributed by atoms with Gasteiger partial charge in [0.2, 0.25) is 0 Å². The summed E-state index contributed by atoms with van der Waals surface area (Å²) in [5.74, 6) is 1.56. The van der Waals surface area contributed by atoms with Gasteiger partial charge in [-0.15, -0.1) is 23.2 Å². The highest BCUT2D eigenvalue weighted by molar-refractivity contribution is 7.91. The van der Waals surface area contributed by atoms with Crippen molar-refractivity contribution >= 4 is 33.0 Å². The molecule has 0 aliphatic heterocycles. The largest absolute Gasteiger partial charge is 0.229 e. The molecule has 0 aromatic heterocycles. The highest BCUT2D eigenvalue weighted by Crippen LogP contribution is 2.35. The van der Waals surface area contributed by atoms with Crippen molar-refractivity contribution in [2.45, 2.75) is 33.6 Å². The molecule has 2 nitrogen and oxygen atoms in total. The molecule has 0 saturated carbocycles. The second kappa shape index (κ2) is 7.07. The summed E-state index contributed by atoms with van der Waals surface area (Å²) in [6.07, 6.45) is 1.22. The first kappa shape index (κ1) is 16.5. The van der Waals surface area contributed by atoms with Crippen molar-refractivity contribution in [2.24, 2.45) is 11.3 Å². The van der Waals surface area contributed by atoms with Gasteiger partial charge in [-0.3, -0.25) is 0 Å². The molecule has 0 heterocycles. The van der Waals surface area contributed by atoms with Crippen LogP contribution >= 0.6 is 23.2 Å². The summed E-state index contributed by atoms with van der Waals surface area (Å²) in [7, 11) is -2.94. The molecule has 0 saturated heterocycles. The van der Waals surface area contributed by atoms with Crippen molar-refractivity contribution < 1.29 is 8.42 Å². The molecule has 0 radical (unpaired) electrons. The van der Waals surface area contributed by atoms with Crippen molar-refractivity contribution in [3.63, 3.8) is 0 Å². The van der Waals surface area contributed by atoms with E-state index < -0.39 is 9.84 Å². The zero-order valence-corrected chi connectivity index (χ0v) is 12.6. The van der Waals surface area contributed by atoms with Crippen LogP contribution in [0.3, 0.4) is 0 Å². The van der Waals surface area contributed by atoms with E-state index in [4.69, 9.17) is 23.2 Å². The van der Waals surface area contributed by atoms with E-state index in [0.717, 1.165) is 0 Å². The standard InChI is InChI=1S/C11H22Cl2O2S/c1-4-6-16(14,15)7-5-11(8-12,9-13)10(2)3/h10H,4-9H2,1-3H3. The Bertz CT molecular complexity index is 282. The minimum absolute atomic E-state index is 0.193. The first-order chi connectivity index (χ1) is 7.33. The molecule has 0 aliphatic rings. The summed E-state index contributed by atoms with van der Waals surface area (Å²) in [5.41, 5.74) is -0.260. The SMILES string of the molecule is CCCS(=O)(=O)CCC(CCl)(CCl)C(C)C. The summed E-state index contributed by atoms with van der Waals surface area (Å²) in [6, 6.07) is 0. The van der Waals surface area contributed by atoms with Crippen LogP contribution < -0.4 is 0 Å². The topological polar surface area (TPSA) is 34.1 Å². The third kappa shape index (κ3) is 4.80. The molecule has 0 fully saturated rings. The van der Waals surface area contributed by atoms with E-state index >= 15 is 0 Å². The predicted octanol–water partition coefficient (Wildman–Crippen LogP) is 3.32. The van der Waals surface area contributed by atoms with Gasteiger partial charge in [-0.1, -0.05) is 20.8 Å². The van der Waals surface area contributed by atoms with Gasteiger partial charge >= 0.3 is 0 Å². The van der Waals surface area contributed by atoms with Gasteiger partial charge in [0.05, 0.1) is 5.75 Å². The molecule has 0 spiro atoms. The van der Waals surface area contributed by atoms with Crippen molar-refractivity contribution in [3.05, 3.63) is 0 Å². The molecular formula is C11H22Cl2O2S. The van der Waals surface area contributed by atoms with Crippen LogP contribution in [0.15, 0.2) is 0 Å². The minimum atomic E-state index is -2.94. The van der Waals surface area contributed by atoms with Gasteiger partial charge < -0.3 is 0 Å². The average Bonchev–Trinajstić information content (AvgIpc) is 2.19. The van der Waals surface area contributed by atoms with Crippen LogP contribution in [0.4, 0.5) is 0 Å². The van der Waals surface area contributed by atoms with E-state index in [1.54, 1.807) is 0 Å². The predicted molar refractivity (Wildman–Crippen MR) is 72.3 cm³/mol. The van der Waals surface area contributed by atoms with Crippen LogP contribution in [-0.4, -0.2) is 31.7 Å². The second-order valence-corrected chi connectivity index (χ2v) is 7.52. The van der Waals surface area contributed by atoms with Crippen LogP contribution in [0.1, 0.15) is 33.6 Å². The van der Waals surface area contributed by atoms with Crippen molar-refractivity contribution in [2.75, 3.05) is 23.3 Å². The number of alkyl halides is 2. The molecule has 0 aromatic rings. The van der Waals surface area contributed by atoms with Crippen molar-refractivity contribution in [1.29, 1.82) is 0 Å². The van der Waals surface area contributed by atoms with E-state index in [-0.39, 0.29) is 16.9 Å². The fourth-order valence-corrected chi connectivity index (χ4v) is 4.25. The maximum absolute atomic E-state index is 11.6. The first-order valence-corrected chi connectivity index (χ1v) is 8.55. The van der Waals surface area contributed by atoms with Gasteiger partial charge in [-0.25, -0.2) is 8.42 Å². The monoisotopic (exact) mass is 288 g/mol. The van der Waals surface area contributed by atoms with Gasteiger partial charge in [0.1, 0.15) is 9.84 Å². The van der Waals surface area contributed by atoms with Gasteiger partial charge in [0.15, 0.2) is 0 Å². The molecule has 16 heavy (non-hydrogen) atoms. The summed E-state index contributed by atoms with van der Waals surface area (Å²) < 4.78 is 23.3. The van der Waals surface area contributed by atoms with Crippen LogP contribution in [0.25, 0.3) is 0 Å². The smallest absolute Gasteiger partial charge is 0.150 e. The number of rotatable bonds is 8. The fourth-order valence-electron chi connectivity index (χ4n) is 1.54. The molecule has 0 rings (SSSR count). The molecule has 0 bridgehead atoms. The Labute approximate surface area is 110 Å². The lowest BCUT2D eigenvalue weighted by Crippen LogP contribution is -2.34. The van der Waals surface area contributed by atoms with Gasteiger partial charge in [-0.2, -0.15) is 0 Å². The Morgan fingerprint density at radius 3 is 1.94 bits per heavy atom. The lowest BCUT2D eigenvalue weighted by molar-refractivity contribution is 0.251. The number of hydrogen-bond acceptors (Lipinski definition) is 2. The third-order valence-electron chi connectivity index (χ3n) is 3.18. The number of hydrogen-bond donors (Lipinski definition) is 0. The minimum Gasteiger partial charge on any atom is -0.229 e. The Kier molecular flexibility index (Phi) is 7.31. The van der Waals surface area contributed by atoms with Crippen LogP contribution in [0.5, 0.6) is 0 Å². The average molecular weight is 289 g/mol. The zero-order chi connectivity index (χ0) is 12.8. The van der Waals surface area contributed by atoms with Gasteiger partial charge in [-0.05, 0) is 18.8 Å². The highest BCUT2D eigenvalue weighted by atomic mass is 35.5. The Morgan fingerprint density at radius 2 is 1.62 bits per heavy atom. The van der Waals surface area contributed by atoms with E-state index in [1.807, 2.05) is 20.8 Å². The second-order valence-electron chi connectivity index (χ2n) is 4.69. The Hall–Kier alpha value is 0.530. The van der Waals surface area contributed by atoms with Crippen LogP contribution in [0, 0.1) is 11.3 Å². The normalized spacial score (nSPS) is 13.4. The molecular weight excluding hydrogens is 267 g/mol. The van der Waals surface area contributed by atoms with E-state index in [2.05, 4.69) is 0 Å². The molecule has 0 aliphatic carbocycles. The first-order valence-electron chi connectivity index (χ1n) is 5.66. The van der Waals surface area contributed by atoms with E-state index in [1.165, 1.54) is 0 Å². The summed E-state index contributed by atoms with van der Waals surface area (Å²) in [4.78, 5) is 0. The maximum atomic E-state index is 11.6. The van der Waals surface area contributed by atoms with Crippen LogP contribution in [0.2, 0.25) is 0 Å².